The molecule has 154 valence electrons. The molecule has 0 aromatic carbocycles. The molecule has 0 amide bonds. The third-order valence-electron chi connectivity index (χ3n) is 6.15. The highest BCUT2D eigenvalue weighted by Gasteiger charge is 2.39. The van der Waals surface area contributed by atoms with Crippen LogP contribution in [0.2, 0.25) is 5.02 Å². The Kier molecular flexibility index (Phi) is 6.01. The standard InChI is InChI=1S/C22H27ClN4O2/c1-2-27(18-6-10-29-11-7-18)21-19(26-20-5-4-17(23)14-24-20)12-16(13-25-21)22(15-28)8-3-9-22/h4-5,12-15,18H,2-3,6-11H2,1H3,(H,24,26). The van der Waals surface area contributed by atoms with Crippen LogP contribution in [0.15, 0.2) is 30.6 Å². The second kappa shape index (κ2) is 8.67. The van der Waals surface area contributed by atoms with Crippen LogP contribution in [0.4, 0.5) is 17.3 Å². The summed E-state index contributed by atoms with van der Waals surface area (Å²) in [6, 6.07) is 6.12. The zero-order chi connectivity index (χ0) is 20.3. The van der Waals surface area contributed by atoms with Gasteiger partial charge in [-0.2, -0.15) is 0 Å². The number of aldehydes is 1. The van der Waals surface area contributed by atoms with Gasteiger partial charge in [-0.15, -0.1) is 0 Å². The number of hydrogen-bond donors (Lipinski definition) is 1. The molecule has 3 heterocycles. The third kappa shape index (κ3) is 4.09. The fraction of sp³-hybridized carbons (Fsp3) is 0.500. The first-order valence-corrected chi connectivity index (χ1v) is 10.7. The fourth-order valence-electron chi connectivity index (χ4n) is 4.25. The SMILES string of the molecule is CCN(c1ncc(C2(C=O)CCC2)cc1Nc1ccc(Cl)cn1)C1CCOCC1. The molecule has 2 aliphatic rings. The van der Waals surface area contributed by atoms with Crippen molar-refractivity contribution in [2.75, 3.05) is 30.0 Å². The predicted molar refractivity (Wildman–Crippen MR) is 115 cm³/mol. The zero-order valence-electron chi connectivity index (χ0n) is 16.7. The largest absolute Gasteiger partial charge is 0.381 e. The van der Waals surface area contributed by atoms with Gasteiger partial charge in [0.05, 0.1) is 16.1 Å². The molecule has 2 fully saturated rings. The lowest BCUT2D eigenvalue weighted by atomic mass is 9.66. The Balaban J connectivity index is 1.72. The number of carbonyl (C=O) groups is 1. The Morgan fingerprint density at radius 3 is 2.66 bits per heavy atom. The fourth-order valence-corrected chi connectivity index (χ4v) is 4.36. The van der Waals surface area contributed by atoms with Gasteiger partial charge in [-0.3, -0.25) is 0 Å². The van der Waals surface area contributed by atoms with E-state index in [9.17, 15) is 4.79 Å². The van der Waals surface area contributed by atoms with Crippen LogP contribution in [-0.4, -0.2) is 42.1 Å². The van der Waals surface area contributed by atoms with E-state index in [0.29, 0.717) is 16.9 Å². The summed E-state index contributed by atoms with van der Waals surface area (Å²) in [7, 11) is 0. The van der Waals surface area contributed by atoms with Gasteiger partial charge in [0.15, 0.2) is 5.82 Å². The van der Waals surface area contributed by atoms with Crippen molar-refractivity contribution in [3.05, 3.63) is 41.2 Å². The minimum Gasteiger partial charge on any atom is -0.381 e. The molecule has 2 aromatic rings. The Hall–Kier alpha value is -2.18. The van der Waals surface area contributed by atoms with E-state index in [1.807, 2.05) is 18.3 Å². The van der Waals surface area contributed by atoms with Crippen LogP contribution >= 0.6 is 11.6 Å². The summed E-state index contributed by atoms with van der Waals surface area (Å²) in [4.78, 5) is 23.4. The maximum Gasteiger partial charge on any atom is 0.152 e. The molecule has 0 spiro atoms. The minimum absolute atomic E-state index is 0.384. The lowest BCUT2D eigenvalue weighted by Gasteiger charge is -2.39. The van der Waals surface area contributed by atoms with Gasteiger partial charge in [-0.25, -0.2) is 9.97 Å². The molecular weight excluding hydrogens is 388 g/mol. The van der Waals surface area contributed by atoms with Crippen molar-refractivity contribution >= 4 is 35.2 Å². The lowest BCUT2D eigenvalue weighted by Crippen LogP contribution is -2.40. The van der Waals surface area contributed by atoms with E-state index in [1.165, 1.54) is 0 Å². The first-order chi connectivity index (χ1) is 14.1. The van der Waals surface area contributed by atoms with E-state index in [-0.39, 0.29) is 0 Å². The molecule has 1 saturated carbocycles. The predicted octanol–water partition coefficient (Wildman–Crippen LogP) is 4.50. The normalized spacial score (nSPS) is 18.7. The number of anilines is 3. The second-order valence-corrected chi connectivity index (χ2v) is 8.28. The average Bonchev–Trinajstić information content (AvgIpc) is 2.72. The Labute approximate surface area is 176 Å². The van der Waals surface area contributed by atoms with E-state index < -0.39 is 5.41 Å². The first-order valence-electron chi connectivity index (χ1n) is 10.3. The molecular formula is C22H27ClN4O2. The van der Waals surface area contributed by atoms with Crippen LogP contribution in [0.1, 0.15) is 44.6 Å². The average molecular weight is 415 g/mol. The van der Waals surface area contributed by atoms with Crippen LogP contribution < -0.4 is 10.2 Å². The summed E-state index contributed by atoms with van der Waals surface area (Å²) in [5.41, 5.74) is 1.45. The van der Waals surface area contributed by atoms with E-state index in [1.54, 1.807) is 6.20 Å². The Bertz CT molecular complexity index is 848. The summed E-state index contributed by atoms with van der Waals surface area (Å²) in [6.07, 6.45) is 9.39. The van der Waals surface area contributed by atoms with Crippen molar-refractivity contribution in [1.29, 1.82) is 0 Å². The smallest absolute Gasteiger partial charge is 0.152 e. The molecule has 2 aromatic heterocycles. The molecule has 1 N–H and O–H groups in total. The van der Waals surface area contributed by atoms with E-state index >= 15 is 0 Å². The number of rotatable bonds is 7. The van der Waals surface area contributed by atoms with Crippen LogP contribution in [0.25, 0.3) is 0 Å². The molecule has 29 heavy (non-hydrogen) atoms. The van der Waals surface area contributed by atoms with Gasteiger partial charge in [-0.05, 0) is 56.4 Å². The quantitative estimate of drug-likeness (QED) is 0.673. The number of carbonyl (C=O) groups excluding carboxylic acids is 1. The van der Waals surface area contributed by atoms with Crippen LogP contribution in [-0.2, 0) is 14.9 Å². The monoisotopic (exact) mass is 414 g/mol. The summed E-state index contributed by atoms with van der Waals surface area (Å²) < 4.78 is 5.54. The van der Waals surface area contributed by atoms with Crippen molar-refractivity contribution < 1.29 is 9.53 Å². The van der Waals surface area contributed by atoms with Crippen molar-refractivity contribution in [2.24, 2.45) is 0 Å². The summed E-state index contributed by atoms with van der Waals surface area (Å²) in [6.45, 7) is 4.54. The number of hydrogen-bond acceptors (Lipinski definition) is 6. The second-order valence-electron chi connectivity index (χ2n) is 7.84. The van der Waals surface area contributed by atoms with Crippen molar-refractivity contribution in [3.63, 3.8) is 0 Å². The number of nitrogens with one attached hydrogen (secondary N) is 1. The number of halogens is 1. The molecule has 1 saturated heterocycles. The van der Waals surface area contributed by atoms with Gasteiger partial charge in [-0.1, -0.05) is 18.0 Å². The molecule has 1 aliphatic heterocycles. The van der Waals surface area contributed by atoms with Gasteiger partial charge in [0.1, 0.15) is 12.1 Å². The van der Waals surface area contributed by atoms with E-state index in [2.05, 4.69) is 28.2 Å². The van der Waals surface area contributed by atoms with Crippen LogP contribution in [0.5, 0.6) is 0 Å². The highest BCUT2D eigenvalue weighted by Crippen LogP contribution is 2.44. The molecule has 4 rings (SSSR count). The number of ether oxygens (including phenoxy) is 1. The first kappa shape index (κ1) is 20.1. The van der Waals surface area contributed by atoms with Gasteiger partial charge in [0.2, 0.25) is 0 Å². The van der Waals surface area contributed by atoms with Crippen molar-refractivity contribution in [1.82, 2.24) is 9.97 Å². The molecule has 6 nitrogen and oxygen atoms in total. The highest BCUT2D eigenvalue weighted by atomic mass is 35.5. The maximum absolute atomic E-state index is 11.8. The van der Waals surface area contributed by atoms with Gasteiger partial charge < -0.3 is 19.7 Å². The summed E-state index contributed by atoms with van der Waals surface area (Å²) in [5.74, 6) is 1.59. The molecule has 0 unspecified atom stereocenters. The molecule has 0 bridgehead atoms. The molecule has 0 atom stereocenters. The van der Waals surface area contributed by atoms with Gasteiger partial charge >= 0.3 is 0 Å². The highest BCUT2D eigenvalue weighted by molar-refractivity contribution is 6.30. The third-order valence-corrected chi connectivity index (χ3v) is 6.37. The lowest BCUT2D eigenvalue weighted by molar-refractivity contribution is -0.115. The zero-order valence-corrected chi connectivity index (χ0v) is 17.5. The summed E-state index contributed by atoms with van der Waals surface area (Å²) >= 11 is 5.99. The molecule has 7 heteroatoms. The molecule has 0 radical (unpaired) electrons. The van der Waals surface area contributed by atoms with Crippen LogP contribution in [0, 0.1) is 0 Å². The Morgan fingerprint density at radius 2 is 2.07 bits per heavy atom. The van der Waals surface area contributed by atoms with Crippen molar-refractivity contribution in [2.45, 2.75) is 50.5 Å². The minimum atomic E-state index is -0.398. The van der Waals surface area contributed by atoms with E-state index in [0.717, 1.165) is 75.2 Å². The topological polar surface area (TPSA) is 67.4 Å². The van der Waals surface area contributed by atoms with Crippen LogP contribution in [0.3, 0.4) is 0 Å². The maximum atomic E-state index is 11.8. The number of nitrogens with zero attached hydrogens (tertiary/aromatic N) is 3. The van der Waals surface area contributed by atoms with Crippen molar-refractivity contribution in [3.8, 4) is 0 Å². The van der Waals surface area contributed by atoms with E-state index in [4.69, 9.17) is 21.3 Å². The number of aromatic nitrogens is 2. The molecule has 1 aliphatic carbocycles. The van der Waals surface area contributed by atoms with Gasteiger partial charge in [0.25, 0.3) is 0 Å². The summed E-state index contributed by atoms with van der Waals surface area (Å²) in [5, 5.41) is 4.01. The van der Waals surface area contributed by atoms with Gasteiger partial charge in [0, 0.05) is 38.2 Å². The Morgan fingerprint density at radius 1 is 1.28 bits per heavy atom. The number of pyridine rings is 2.